The molecule has 0 bridgehead atoms. The summed E-state index contributed by atoms with van der Waals surface area (Å²) in [7, 11) is 1.28. The Morgan fingerprint density at radius 3 is 2.32 bits per heavy atom. The van der Waals surface area contributed by atoms with Crippen LogP contribution in [0.1, 0.15) is 17.2 Å². The average Bonchev–Trinajstić information content (AvgIpc) is 3.22. The lowest BCUT2D eigenvalue weighted by Gasteiger charge is -2.22. The first-order valence-electron chi connectivity index (χ1n) is 8.99. The predicted octanol–water partition coefficient (Wildman–Crippen LogP) is 2.33. The predicted molar refractivity (Wildman–Crippen MR) is 102 cm³/mol. The molecule has 4 rings (SSSR count). The Labute approximate surface area is 167 Å². The quantitative estimate of drug-likeness (QED) is 0.632. The zero-order valence-corrected chi connectivity index (χ0v) is 15.9. The third-order valence-corrected chi connectivity index (χ3v) is 5.69. The molecule has 2 fully saturated rings. The van der Waals surface area contributed by atoms with E-state index >= 15 is 0 Å². The van der Waals surface area contributed by atoms with Crippen molar-refractivity contribution >= 4 is 29.4 Å². The van der Waals surface area contributed by atoms with E-state index in [1.54, 1.807) is 24.3 Å². The van der Waals surface area contributed by atoms with Gasteiger partial charge < -0.3 is 4.74 Å². The van der Waals surface area contributed by atoms with Crippen molar-refractivity contribution in [3.8, 4) is 0 Å². The standard InChI is InChI=1S/C21H19ClN2O4/c1-28-21(27)18-16-15(17(23-18)13-7-9-14(22)10-8-13)19(25)24(20(16)26)11-12-5-3-2-4-6-12/h2-10,15-18,23H,11H2,1H3/t15-,16+,17-,18-/m0/s1. The molecule has 2 saturated heterocycles. The van der Waals surface area contributed by atoms with E-state index in [4.69, 9.17) is 16.3 Å². The lowest BCUT2D eigenvalue weighted by molar-refractivity contribution is -0.148. The molecule has 2 heterocycles. The number of imide groups is 1. The van der Waals surface area contributed by atoms with Crippen molar-refractivity contribution in [2.75, 3.05) is 7.11 Å². The monoisotopic (exact) mass is 398 g/mol. The highest BCUT2D eigenvalue weighted by molar-refractivity contribution is 6.30. The third kappa shape index (κ3) is 3.08. The molecular weight excluding hydrogens is 380 g/mol. The molecule has 4 atom stereocenters. The second kappa shape index (κ2) is 7.37. The molecule has 28 heavy (non-hydrogen) atoms. The second-order valence-corrected chi connectivity index (χ2v) is 7.43. The number of nitrogens with zero attached hydrogens (tertiary/aromatic N) is 1. The molecule has 0 saturated carbocycles. The molecule has 6 nitrogen and oxygen atoms in total. The summed E-state index contributed by atoms with van der Waals surface area (Å²) < 4.78 is 4.88. The Kier molecular flexibility index (Phi) is 4.91. The summed E-state index contributed by atoms with van der Waals surface area (Å²) in [6.07, 6.45) is 0. The van der Waals surface area contributed by atoms with Gasteiger partial charge in [-0.15, -0.1) is 0 Å². The van der Waals surface area contributed by atoms with Crippen molar-refractivity contribution in [1.82, 2.24) is 10.2 Å². The Balaban J connectivity index is 1.69. The number of esters is 1. The highest BCUT2D eigenvalue weighted by Gasteiger charge is 2.61. The van der Waals surface area contributed by atoms with Gasteiger partial charge in [-0.1, -0.05) is 54.1 Å². The molecule has 144 valence electrons. The molecule has 0 aliphatic carbocycles. The Morgan fingerprint density at radius 1 is 1.04 bits per heavy atom. The minimum atomic E-state index is -0.868. The largest absolute Gasteiger partial charge is 0.468 e. The number of methoxy groups -OCH3 is 1. The number of carbonyl (C=O) groups is 3. The van der Waals surface area contributed by atoms with Gasteiger partial charge in [0, 0.05) is 11.1 Å². The Morgan fingerprint density at radius 2 is 1.68 bits per heavy atom. The summed E-state index contributed by atoms with van der Waals surface area (Å²) in [5, 5.41) is 3.71. The number of halogens is 1. The van der Waals surface area contributed by atoms with Crippen LogP contribution in [0.5, 0.6) is 0 Å². The molecule has 7 heteroatoms. The zero-order valence-electron chi connectivity index (χ0n) is 15.2. The summed E-state index contributed by atoms with van der Waals surface area (Å²) >= 11 is 5.97. The molecule has 0 aromatic heterocycles. The average molecular weight is 399 g/mol. The molecule has 2 aromatic rings. The molecular formula is C21H19ClN2O4. The maximum atomic E-state index is 13.2. The number of likely N-dealkylation sites (tertiary alicyclic amines) is 1. The summed E-state index contributed by atoms with van der Waals surface area (Å²) in [5.74, 6) is -2.63. The molecule has 0 radical (unpaired) electrons. The second-order valence-electron chi connectivity index (χ2n) is 7.00. The number of benzene rings is 2. The van der Waals surface area contributed by atoms with Crippen LogP contribution in [-0.4, -0.2) is 35.8 Å². The van der Waals surface area contributed by atoms with E-state index in [1.165, 1.54) is 12.0 Å². The van der Waals surface area contributed by atoms with Crippen molar-refractivity contribution in [3.05, 3.63) is 70.7 Å². The number of hydrogen-bond acceptors (Lipinski definition) is 5. The molecule has 2 aromatic carbocycles. The number of carbonyl (C=O) groups excluding carboxylic acids is 3. The van der Waals surface area contributed by atoms with Gasteiger partial charge in [0.2, 0.25) is 11.8 Å². The number of ether oxygens (including phenoxy) is 1. The summed E-state index contributed by atoms with van der Waals surface area (Å²) in [5.41, 5.74) is 1.66. The number of fused-ring (bicyclic) bond motifs is 1. The minimum absolute atomic E-state index is 0.187. The number of hydrogen-bond donors (Lipinski definition) is 1. The van der Waals surface area contributed by atoms with Gasteiger partial charge in [0.15, 0.2) is 0 Å². The summed E-state index contributed by atoms with van der Waals surface area (Å²) in [4.78, 5) is 39.9. The van der Waals surface area contributed by atoms with Gasteiger partial charge in [0.25, 0.3) is 0 Å². The molecule has 2 aliphatic rings. The van der Waals surface area contributed by atoms with Crippen LogP contribution in [0.2, 0.25) is 5.02 Å². The molecule has 2 amide bonds. The van der Waals surface area contributed by atoms with Gasteiger partial charge in [0.05, 0.1) is 25.5 Å². The van der Waals surface area contributed by atoms with Gasteiger partial charge in [-0.05, 0) is 23.3 Å². The fraction of sp³-hybridized carbons (Fsp3) is 0.286. The maximum absolute atomic E-state index is 13.2. The van der Waals surface area contributed by atoms with E-state index in [1.807, 2.05) is 30.3 Å². The van der Waals surface area contributed by atoms with E-state index in [2.05, 4.69) is 5.32 Å². The lowest BCUT2D eigenvalue weighted by Crippen LogP contribution is -2.43. The molecule has 1 N–H and O–H groups in total. The van der Waals surface area contributed by atoms with Crippen LogP contribution in [0.4, 0.5) is 0 Å². The lowest BCUT2D eigenvalue weighted by atomic mass is 9.86. The van der Waals surface area contributed by atoms with Gasteiger partial charge >= 0.3 is 5.97 Å². The van der Waals surface area contributed by atoms with Crippen molar-refractivity contribution in [3.63, 3.8) is 0 Å². The third-order valence-electron chi connectivity index (χ3n) is 5.43. The van der Waals surface area contributed by atoms with Crippen LogP contribution in [0.3, 0.4) is 0 Å². The first kappa shape index (κ1) is 18.7. The highest BCUT2D eigenvalue weighted by atomic mass is 35.5. The van der Waals surface area contributed by atoms with Crippen LogP contribution in [-0.2, 0) is 25.7 Å². The van der Waals surface area contributed by atoms with Gasteiger partial charge in [0.1, 0.15) is 6.04 Å². The van der Waals surface area contributed by atoms with E-state index in [9.17, 15) is 14.4 Å². The van der Waals surface area contributed by atoms with Crippen LogP contribution in [0, 0.1) is 11.8 Å². The van der Waals surface area contributed by atoms with E-state index in [0.29, 0.717) is 5.02 Å². The number of nitrogens with one attached hydrogen (secondary N) is 1. The smallest absolute Gasteiger partial charge is 0.323 e. The van der Waals surface area contributed by atoms with Gasteiger partial charge in [-0.2, -0.15) is 0 Å². The van der Waals surface area contributed by atoms with E-state index < -0.39 is 29.9 Å². The topological polar surface area (TPSA) is 75.7 Å². The van der Waals surface area contributed by atoms with E-state index in [-0.39, 0.29) is 18.4 Å². The maximum Gasteiger partial charge on any atom is 0.323 e. The molecule has 0 unspecified atom stereocenters. The van der Waals surface area contributed by atoms with Crippen molar-refractivity contribution in [2.45, 2.75) is 18.6 Å². The minimum Gasteiger partial charge on any atom is -0.468 e. The van der Waals surface area contributed by atoms with Crippen LogP contribution in [0.25, 0.3) is 0 Å². The van der Waals surface area contributed by atoms with Crippen molar-refractivity contribution in [2.24, 2.45) is 11.8 Å². The molecule has 2 aliphatic heterocycles. The first-order valence-corrected chi connectivity index (χ1v) is 9.37. The SMILES string of the molecule is COC(=O)[C@H]1N[C@@H](c2ccc(Cl)cc2)[C@H]2C(=O)N(Cc3ccccc3)C(=O)[C@H]21. The number of rotatable bonds is 4. The fourth-order valence-corrected chi connectivity index (χ4v) is 4.24. The van der Waals surface area contributed by atoms with Crippen LogP contribution < -0.4 is 5.32 Å². The van der Waals surface area contributed by atoms with Gasteiger partial charge in [-0.25, -0.2) is 0 Å². The summed E-state index contributed by atoms with van der Waals surface area (Å²) in [6, 6.07) is 15.0. The van der Waals surface area contributed by atoms with Crippen LogP contribution in [0.15, 0.2) is 54.6 Å². The number of amides is 2. The zero-order chi connectivity index (χ0) is 19.8. The highest BCUT2D eigenvalue weighted by Crippen LogP contribution is 2.44. The summed E-state index contributed by atoms with van der Waals surface area (Å²) in [6.45, 7) is 0.187. The fourth-order valence-electron chi connectivity index (χ4n) is 4.11. The van der Waals surface area contributed by atoms with Crippen LogP contribution >= 0.6 is 11.6 Å². The van der Waals surface area contributed by atoms with Gasteiger partial charge in [-0.3, -0.25) is 24.6 Å². The first-order chi connectivity index (χ1) is 13.5. The Hall–Kier alpha value is -2.70. The van der Waals surface area contributed by atoms with E-state index in [0.717, 1.165) is 11.1 Å². The molecule has 0 spiro atoms. The Bertz CT molecular complexity index is 916. The van der Waals surface area contributed by atoms with Crippen molar-refractivity contribution in [1.29, 1.82) is 0 Å². The normalized spacial score (nSPS) is 26.4. The van der Waals surface area contributed by atoms with Crippen molar-refractivity contribution < 1.29 is 19.1 Å².